The molecule has 0 N–H and O–H groups in total. The van der Waals surface area contributed by atoms with Crippen LogP contribution in [0.25, 0.3) is 17.2 Å². The predicted octanol–water partition coefficient (Wildman–Crippen LogP) is 6.91. The molecular weight excluding hydrogens is 319 g/mol. The van der Waals surface area contributed by atoms with Crippen molar-refractivity contribution in [2.45, 2.75) is 33.1 Å². The van der Waals surface area contributed by atoms with Crippen molar-refractivity contribution in [3.8, 4) is 0 Å². The fourth-order valence-corrected chi connectivity index (χ4v) is 3.50. The van der Waals surface area contributed by atoms with Crippen molar-refractivity contribution in [3.05, 3.63) is 76.1 Å². The van der Waals surface area contributed by atoms with E-state index in [0.717, 1.165) is 28.7 Å². The highest BCUT2D eigenvalue weighted by Crippen LogP contribution is 2.43. The van der Waals surface area contributed by atoms with Crippen LogP contribution < -0.4 is 0 Å². The van der Waals surface area contributed by atoms with E-state index in [1.165, 1.54) is 22.8 Å². The zero-order chi connectivity index (χ0) is 17.3. The lowest BCUT2D eigenvalue weighted by molar-refractivity contribution is 0.627. The Kier molecular flexibility index (Phi) is 4.91. The molecule has 0 heterocycles. The van der Waals surface area contributed by atoms with Crippen LogP contribution >= 0.6 is 11.6 Å². The summed E-state index contributed by atoms with van der Waals surface area (Å²) in [6, 6.07) is 13.7. The molecular formula is C22H22ClF. The molecule has 1 aliphatic carbocycles. The molecule has 24 heavy (non-hydrogen) atoms. The average molecular weight is 341 g/mol. The van der Waals surface area contributed by atoms with Crippen molar-refractivity contribution in [2.24, 2.45) is 0 Å². The van der Waals surface area contributed by atoms with Crippen LogP contribution in [0, 0.1) is 5.82 Å². The van der Waals surface area contributed by atoms with Gasteiger partial charge in [0.25, 0.3) is 0 Å². The van der Waals surface area contributed by atoms with Crippen LogP contribution in [-0.4, -0.2) is 5.88 Å². The van der Waals surface area contributed by atoms with Crippen molar-refractivity contribution in [1.82, 2.24) is 0 Å². The minimum absolute atomic E-state index is 0.198. The molecule has 0 saturated heterocycles. The van der Waals surface area contributed by atoms with Crippen LogP contribution in [0.3, 0.4) is 0 Å². The van der Waals surface area contributed by atoms with Gasteiger partial charge in [-0.1, -0.05) is 44.2 Å². The van der Waals surface area contributed by atoms with Crippen LogP contribution in [0.2, 0.25) is 0 Å². The summed E-state index contributed by atoms with van der Waals surface area (Å²) < 4.78 is 13.7. The molecule has 0 aromatic heterocycles. The number of hydrogen-bond donors (Lipinski definition) is 0. The van der Waals surface area contributed by atoms with Gasteiger partial charge in [-0.15, -0.1) is 11.6 Å². The second kappa shape index (κ2) is 6.94. The molecule has 0 aliphatic heterocycles. The van der Waals surface area contributed by atoms with Gasteiger partial charge in [-0.2, -0.15) is 0 Å². The molecule has 0 atom stereocenters. The minimum atomic E-state index is -0.198. The van der Waals surface area contributed by atoms with Gasteiger partial charge < -0.3 is 0 Å². The first-order chi connectivity index (χ1) is 11.5. The third kappa shape index (κ3) is 3.18. The number of alkyl halides is 1. The van der Waals surface area contributed by atoms with E-state index >= 15 is 0 Å². The normalized spacial score (nSPS) is 15.5. The number of fused-ring (bicyclic) bond motifs is 1. The second-order valence-electron chi connectivity index (χ2n) is 6.61. The molecule has 0 bridgehead atoms. The van der Waals surface area contributed by atoms with Gasteiger partial charge in [0, 0.05) is 5.88 Å². The van der Waals surface area contributed by atoms with E-state index in [2.05, 4.69) is 51.1 Å². The topological polar surface area (TPSA) is 0 Å². The Labute approximate surface area is 148 Å². The molecule has 1 aliphatic rings. The fourth-order valence-electron chi connectivity index (χ4n) is 3.31. The first-order valence-electron chi connectivity index (χ1n) is 8.39. The number of rotatable bonds is 4. The van der Waals surface area contributed by atoms with E-state index in [9.17, 15) is 4.39 Å². The molecule has 0 spiro atoms. The Bertz CT molecular complexity index is 810. The summed E-state index contributed by atoms with van der Waals surface area (Å²) in [7, 11) is 0. The average Bonchev–Trinajstić information content (AvgIpc) is 2.81. The second-order valence-corrected chi connectivity index (χ2v) is 6.99. The Hall–Kier alpha value is -1.86. The van der Waals surface area contributed by atoms with Crippen molar-refractivity contribution in [3.63, 3.8) is 0 Å². The highest BCUT2D eigenvalue weighted by atomic mass is 35.5. The summed E-state index contributed by atoms with van der Waals surface area (Å²) >= 11 is 5.96. The Balaban J connectivity index is 2.07. The Morgan fingerprint density at radius 3 is 2.38 bits per heavy atom. The number of halogens is 2. The van der Waals surface area contributed by atoms with Crippen molar-refractivity contribution in [2.75, 3.05) is 5.88 Å². The largest absolute Gasteiger partial charge is 0.207 e. The van der Waals surface area contributed by atoms with Gasteiger partial charge in [0.05, 0.1) is 0 Å². The molecule has 0 unspecified atom stereocenters. The Morgan fingerprint density at radius 1 is 1.04 bits per heavy atom. The van der Waals surface area contributed by atoms with Crippen LogP contribution in [-0.2, 0) is 0 Å². The quantitative estimate of drug-likeness (QED) is 0.531. The molecule has 3 rings (SSSR count). The van der Waals surface area contributed by atoms with E-state index in [4.69, 9.17) is 11.6 Å². The zero-order valence-corrected chi connectivity index (χ0v) is 15.1. The molecule has 0 saturated carbocycles. The fraction of sp³-hybridized carbons (Fsp3) is 0.273. The summed E-state index contributed by atoms with van der Waals surface area (Å²) in [5.74, 6) is 0.869. The highest BCUT2D eigenvalue weighted by Gasteiger charge is 2.23. The maximum Gasteiger partial charge on any atom is 0.123 e. The van der Waals surface area contributed by atoms with Gasteiger partial charge in [0.15, 0.2) is 0 Å². The summed E-state index contributed by atoms with van der Waals surface area (Å²) in [6.45, 7) is 6.50. The van der Waals surface area contributed by atoms with Gasteiger partial charge >= 0.3 is 0 Å². The summed E-state index contributed by atoms with van der Waals surface area (Å²) in [6.07, 6.45) is 2.95. The highest BCUT2D eigenvalue weighted by molar-refractivity contribution is 6.18. The van der Waals surface area contributed by atoms with Crippen molar-refractivity contribution in [1.29, 1.82) is 0 Å². The summed E-state index contributed by atoms with van der Waals surface area (Å²) in [5, 5.41) is 0. The molecule has 0 fully saturated rings. The standard InChI is InChI=1S/C22H22ClF/c1-14(2)17-6-4-16(5-7-17)12-21-15(3)19(10-11-23)22-13-18(24)8-9-20(21)22/h4-9,12-14H,10-11H2,1-3H3. The van der Waals surface area contributed by atoms with E-state index in [0.29, 0.717) is 11.8 Å². The minimum Gasteiger partial charge on any atom is -0.207 e. The molecule has 2 aromatic carbocycles. The van der Waals surface area contributed by atoms with Crippen LogP contribution in [0.15, 0.2) is 48.0 Å². The molecule has 0 radical (unpaired) electrons. The monoisotopic (exact) mass is 340 g/mol. The lowest BCUT2D eigenvalue weighted by Crippen LogP contribution is -1.88. The van der Waals surface area contributed by atoms with E-state index in [1.807, 2.05) is 6.07 Å². The van der Waals surface area contributed by atoms with Gasteiger partial charge in [-0.3, -0.25) is 0 Å². The number of allylic oxidation sites excluding steroid dienone is 3. The number of benzene rings is 2. The van der Waals surface area contributed by atoms with E-state index < -0.39 is 0 Å². The summed E-state index contributed by atoms with van der Waals surface area (Å²) in [5.41, 5.74) is 8.11. The molecule has 2 heteroatoms. The van der Waals surface area contributed by atoms with E-state index in [-0.39, 0.29) is 5.82 Å². The molecule has 2 aromatic rings. The lowest BCUT2D eigenvalue weighted by Gasteiger charge is -2.07. The summed E-state index contributed by atoms with van der Waals surface area (Å²) in [4.78, 5) is 0. The SMILES string of the molecule is CC1=C(CCCl)c2cc(F)ccc2C1=Cc1ccc(C(C)C)cc1. The molecule has 0 nitrogen and oxygen atoms in total. The smallest absolute Gasteiger partial charge is 0.123 e. The lowest BCUT2D eigenvalue weighted by atomic mass is 9.98. The predicted molar refractivity (Wildman–Crippen MR) is 103 cm³/mol. The van der Waals surface area contributed by atoms with Gasteiger partial charge in [-0.25, -0.2) is 4.39 Å². The third-order valence-corrected chi connectivity index (χ3v) is 4.90. The Morgan fingerprint density at radius 2 is 1.75 bits per heavy atom. The van der Waals surface area contributed by atoms with Gasteiger partial charge in [0.2, 0.25) is 0 Å². The van der Waals surface area contributed by atoms with Gasteiger partial charge in [0.1, 0.15) is 5.82 Å². The molecule has 124 valence electrons. The van der Waals surface area contributed by atoms with Crippen molar-refractivity contribution < 1.29 is 4.39 Å². The third-order valence-electron chi connectivity index (χ3n) is 4.71. The maximum absolute atomic E-state index is 13.7. The van der Waals surface area contributed by atoms with E-state index in [1.54, 1.807) is 6.07 Å². The number of hydrogen-bond acceptors (Lipinski definition) is 0. The van der Waals surface area contributed by atoms with Crippen LogP contribution in [0.5, 0.6) is 0 Å². The first kappa shape index (κ1) is 17.0. The zero-order valence-electron chi connectivity index (χ0n) is 14.4. The van der Waals surface area contributed by atoms with Gasteiger partial charge in [-0.05, 0) is 76.4 Å². The van der Waals surface area contributed by atoms with Crippen molar-refractivity contribution >= 4 is 28.8 Å². The first-order valence-corrected chi connectivity index (χ1v) is 8.92. The van der Waals surface area contributed by atoms with Crippen LogP contribution in [0.4, 0.5) is 4.39 Å². The van der Waals surface area contributed by atoms with Crippen LogP contribution in [0.1, 0.15) is 55.4 Å². The maximum atomic E-state index is 13.7. The molecule has 0 amide bonds.